The van der Waals surface area contributed by atoms with Gasteiger partial charge >= 0.3 is 6.18 Å². The molecule has 0 fully saturated rings. The summed E-state index contributed by atoms with van der Waals surface area (Å²) >= 11 is 0. The van der Waals surface area contributed by atoms with Crippen molar-refractivity contribution in [2.24, 2.45) is 4.99 Å². The second-order valence-electron chi connectivity index (χ2n) is 9.73. The fourth-order valence-corrected chi connectivity index (χ4v) is 4.74. The fraction of sp³-hybridized carbons (Fsp3) is 0.172. The Bertz CT molecular complexity index is 1880. The Kier molecular flexibility index (Phi) is 6.64. The lowest BCUT2D eigenvalue weighted by molar-refractivity contribution is -0.137. The van der Waals surface area contributed by atoms with E-state index in [1.807, 2.05) is 29.7 Å². The molecule has 1 amide bonds. The summed E-state index contributed by atoms with van der Waals surface area (Å²) in [4.78, 5) is 34.3. The van der Waals surface area contributed by atoms with Crippen molar-refractivity contribution in [3.8, 4) is 22.5 Å². The van der Waals surface area contributed by atoms with Gasteiger partial charge in [-0.3, -0.25) is 14.8 Å². The summed E-state index contributed by atoms with van der Waals surface area (Å²) in [7, 11) is 0. The molecule has 0 radical (unpaired) electrons. The first-order valence-electron chi connectivity index (χ1n) is 12.8. The van der Waals surface area contributed by atoms with E-state index in [-0.39, 0.29) is 11.3 Å². The first-order chi connectivity index (χ1) is 20.1. The molecule has 0 unspecified atom stereocenters. The SMILES string of the molecule is Cc1ccc(N=c2ncc3cc(-c4cc(NC(=O)c5cc(C(F)(F)F)ccn5)c(F)cc4C)c4n(c-3n2)CCN4)cn1. The maximum absolute atomic E-state index is 15.0. The van der Waals surface area contributed by atoms with E-state index in [1.54, 1.807) is 19.3 Å². The Morgan fingerprint density at radius 2 is 1.86 bits per heavy atom. The second-order valence-corrected chi connectivity index (χ2v) is 9.73. The standard InChI is InChI=1S/C29H22F4N8O/c1-15-9-22(30)23(39-27(42)24-11-18(5-6-34-24)29(31,32)33)12-20(15)21-10-17-13-37-28(38-19-4-3-16(2)36-14-19)40-25(17)41-8-7-35-26(21)41/h3-6,9-14,35H,7-8H2,1-2H3,(H,39,42). The molecule has 212 valence electrons. The monoisotopic (exact) mass is 574 g/mol. The van der Waals surface area contributed by atoms with Crippen LogP contribution in [0.4, 0.5) is 34.8 Å². The molecular weight excluding hydrogens is 552 g/mol. The first kappa shape index (κ1) is 27.0. The maximum atomic E-state index is 15.0. The highest BCUT2D eigenvalue weighted by atomic mass is 19.4. The molecule has 1 aromatic carbocycles. The smallest absolute Gasteiger partial charge is 0.369 e. The number of nitrogens with one attached hydrogen (secondary N) is 2. The van der Waals surface area contributed by atoms with Gasteiger partial charge in [0.2, 0.25) is 0 Å². The third-order valence-electron chi connectivity index (χ3n) is 6.79. The number of hydrogen-bond acceptors (Lipinski definition) is 7. The predicted octanol–water partition coefficient (Wildman–Crippen LogP) is 5.52. The summed E-state index contributed by atoms with van der Waals surface area (Å²) < 4.78 is 56.3. The van der Waals surface area contributed by atoms with Crippen molar-refractivity contribution >= 4 is 23.1 Å². The van der Waals surface area contributed by atoms with Gasteiger partial charge in [-0.1, -0.05) is 0 Å². The van der Waals surface area contributed by atoms with Crippen molar-refractivity contribution in [2.45, 2.75) is 26.6 Å². The van der Waals surface area contributed by atoms with E-state index in [0.29, 0.717) is 52.9 Å². The van der Waals surface area contributed by atoms with Crippen molar-refractivity contribution in [2.75, 3.05) is 17.2 Å². The third-order valence-corrected chi connectivity index (χ3v) is 6.79. The summed E-state index contributed by atoms with van der Waals surface area (Å²) in [5.41, 5.74) is 2.64. The Labute approximate surface area is 236 Å². The number of fused-ring (bicyclic) bond motifs is 3. The Hall–Kier alpha value is -5.20. The van der Waals surface area contributed by atoms with Gasteiger partial charge in [-0.2, -0.15) is 18.2 Å². The number of aromatic nitrogens is 5. The van der Waals surface area contributed by atoms with Crippen LogP contribution in [0.5, 0.6) is 0 Å². The number of carbonyl (C=O) groups is 1. The molecule has 3 aliphatic heterocycles. The number of pyridine rings is 3. The highest BCUT2D eigenvalue weighted by Crippen LogP contribution is 2.39. The maximum Gasteiger partial charge on any atom is 0.416 e. The van der Waals surface area contributed by atoms with Crippen LogP contribution in [-0.4, -0.2) is 37.0 Å². The van der Waals surface area contributed by atoms with Gasteiger partial charge in [-0.05, 0) is 67.4 Å². The fourth-order valence-electron chi connectivity index (χ4n) is 4.74. The van der Waals surface area contributed by atoms with E-state index in [9.17, 15) is 22.4 Å². The zero-order valence-corrected chi connectivity index (χ0v) is 22.3. The average Bonchev–Trinajstić information content (AvgIpc) is 3.46. The summed E-state index contributed by atoms with van der Waals surface area (Å²) in [6.07, 6.45) is -0.479. The molecule has 3 aliphatic rings. The van der Waals surface area contributed by atoms with Gasteiger partial charge in [0.15, 0.2) is 0 Å². The van der Waals surface area contributed by atoms with Gasteiger partial charge in [-0.15, -0.1) is 0 Å². The second kappa shape index (κ2) is 10.3. The molecule has 0 spiro atoms. The van der Waals surface area contributed by atoms with Crippen molar-refractivity contribution in [1.82, 2.24) is 24.5 Å². The van der Waals surface area contributed by atoms with Crippen LogP contribution in [-0.2, 0) is 12.7 Å². The lowest BCUT2D eigenvalue weighted by Crippen LogP contribution is -2.18. The summed E-state index contributed by atoms with van der Waals surface area (Å²) in [5, 5.41) is 5.72. The number of nitrogens with zero attached hydrogens (tertiary/aromatic N) is 6. The zero-order valence-electron chi connectivity index (χ0n) is 22.3. The van der Waals surface area contributed by atoms with Gasteiger partial charge < -0.3 is 15.2 Å². The van der Waals surface area contributed by atoms with Crippen LogP contribution in [0.1, 0.15) is 27.3 Å². The highest BCUT2D eigenvalue weighted by Gasteiger charge is 2.31. The molecule has 0 saturated heterocycles. The number of halogens is 4. The number of benzene rings is 1. The van der Waals surface area contributed by atoms with Gasteiger partial charge in [0, 0.05) is 42.3 Å². The van der Waals surface area contributed by atoms with E-state index in [0.717, 1.165) is 23.8 Å². The van der Waals surface area contributed by atoms with Crippen LogP contribution in [0.2, 0.25) is 0 Å². The highest BCUT2D eigenvalue weighted by molar-refractivity contribution is 6.03. The minimum absolute atomic E-state index is 0.200. The van der Waals surface area contributed by atoms with E-state index in [4.69, 9.17) is 0 Å². The van der Waals surface area contributed by atoms with Gasteiger partial charge in [-0.25, -0.2) is 14.4 Å². The number of carbonyl (C=O) groups excluding carboxylic acids is 1. The lowest BCUT2D eigenvalue weighted by Gasteiger charge is -2.19. The summed E-state index contributed by atoms with van der Waals surface area (Å²) in [6, 6.07) is 9.62. The van der Waals surface area contributed by atoms with Crippen molar-refractivity contribution in [1.29, 1.82) is 0 Å². The van der Waals surface area contributed by atoms with Gasteiger partial charge in [0.25, 0.3) is 11.5 Å². The molecule has 13 heteroatoms. The predicted molar refractivity (Wildman–Crippen MR) is 147 cm³/mol. The van der Waals surface area contributed by atoms with Gasteiger partial charge in [0.1, 0.15) is 23.2 Å². The van der Waals surface area contributed by atoms with Crippen LogP contribution in [0.3, 0.4) is 0 Å². The summed E-state index contributed by atoms with van der Waals surface area (Å²) in [5.74, 6) is -0.332. The number of alkyl halides is 3. The molecular formula is C29H22F4N8O. The Morgan fingerprint density at radius 1 is 1.02 bits per heavy atom. The third kappa shape index (κ3) is 5.16. The van der Waals surface area contributed by atoms with E-state index >= 15 is 0 Å². The first-order valence-corrected chi connectivity index (χ1v) is 12.8. The number of hydrogen-bond donors (Lipinski definition) is 2. The van der Waals surface area contributed by atoms with Crippen LogP contribution >= 0.6 is 0 Å². The van der Waals surface area contributed by atoms with E-state index in [2.05, 4.69) is 35.6 Å². The molecule has 0 saturated carbocycles. The largest absolute Gasteiger partial charge is 0.416 e. The summed E-state index contributed by atoms with van der Waals surface area (Å²) in [6.45, 7) is 4.83. The van der Waals surface area contributed by atoms with Gasteiger partial charge in [0.05, 0.1) is 23.1 Å². The number of aryl methyl sites for hydroxylation is 2. The molecule has 0 aliphatic carbocycles. The van der Waals surface area contributed by atoms with Crippen LogP contribution in [0, 0.1) is 19.7 Å². The minimum Gasteiger partial charge on any atom is -0.369 e. The molecule has 5 heterocycles. The number of anilines is 2. The molecule has 6 rings (SSSR count). The topological polar surface area (TPSA) is 110 Å². The van der Waals surface area contributed by atoms with Crippen molar-refractivity contribution in [3.63, 3.8) is 0 Å². The molecule has 2 aromatic heterocycles. The normalized spacial score (nSPS) is 13.2. The van der Waals surface area contributed by atoms with E-state index < -0.39 is 29.2 Å². The lowest BCUT2D eigenvalue weighted by atomic mass is 9.98. The quantitative estimate of drug-likeness (QED) is 0.274. The molecule has 0 bridgehead atoms. The number of amides is 1. The molecule has 3 aromatic rings. The molecule has 2 N–H and O–H groups in total. The van der Waals surface area contributed by atoms with Crippen molar-refractivity contribution < 1.29 is 22.4 Å². The minimum atomic E-state index is -4.65. The Morgan fingerprint density at radius 3 is 2.62 bits per heavy atom. The van der Waals surface area contributed by atoms with E-state index in [1.165, 1.54) is 12.1 Å². The van der Waals surface area contributed by atoms with Crippen LogP contribution in [0.15, 0.2) is 66.0 Å². The van der Waals surface area contributed by atoms with Crippen LogP contribution < -0.4 is 16.3 Å². The molecule has 0 atom stereocenters. The molecule has 9 nitrogen and oxygen atoms in total. The average molecular weight is 575 g/mol. The number of rotatable bonds is 4. The molecule has 42 heavy (non-hydrogen) atoms. The zero-order chi connectivity index (χ0) is 29.6. The Balaban J connectivity index is 1.39. The van der Waals surface area contributed by atoms with Crippen LogP contribution in [0.25, 0.3) is 22.5 Å². The van der Waals surface area contributed by atoms with Crippen molar-refractivity contribution in [3.05, 3.63) is 95.0 Å².